The molecule has 0 atom stereocenters. The summed E-state index contributed by atoms with van der Waals surface area (Å²) in [5, 5.41) is 0.949. The Labute approximate surface area is 163 Å². The minimum absolute atomic E-state index is 0.172. The smallest absolute Gasteiger partial charge is 0.321 e. The van der Waals surface area contributed by atoms with E-state index in [0.29, 0.717) is 12.3 Å². The maximum atomic E-state index is 11.6. The molecule has 0 aliphatic heterocycles. The maximum Gasteiger partial charge on any atom is 0.321 e. The Morgan fingerprint density at radius 3 is 2.79 bits per heavy atom. The third-order valence-corrected chi connectivity index (χ3v) is 5.15. The summed E-state index contributed by atoms with van der Waals surface area (Å²) in [5.41, 5.74) is 2.47. The van der Waals surface area contributed by atoms with E-state index < -0.39 is 0 Å². The van der Waals surface area contributed by atoms with E-state index in [9.17, 15) is 9.59 Å². The minimum atomic E-state index is -0.273. The number of carbonyl (C=O) groups is 2. The Morgan fingerprint density at radius 2 is 2.17 bits per heavy atom. The molecule has 2 aromatic rings. The number of benzene rings is 1. The number of rotatable bonds is 8. The molecule has 1 aromatic heterocycles. The number of aldehydes is 1. The highest BCUT2D eigenvalue weighted by molar-refractivity contribution is 14.1. The molecule has 0 radical (unpaired) electrons. The van der Waals surface area contributed by atoms with Gasteiger partial charge in [-0.15, -0.1) is 0 Å². The molecule has 0 amide bonds. The lowest BCUT2D eigenvalue weighted by Gasteiger charge is -2.16. The number of esters is 1. The van der Waals surface area contributed by atoms with Gasteiger partial charge in [0.1, 0.15) is 41.8 Å². The zero-order valence-electron chi connectivity index (χ0n) is 13.4. The quantitative estimate of drug-likeness (QED) is 0.186. The van der Waals surface area contributed by atoms with Crippen LogP contribution in [0.4, 0.5) is 0 Å². The van der Waals surface area contributed by atoms with Crippen molar-refractivity contribution < 1.29 is 16.8 Å². The van der Waals surface area contributed by atoms with Crippen molar-refractivity contribution in [2.75, 3.05) is 20.2 Å². The van der Waals surface area contributed by atoms with Crippen LogP contribution in [0.1, 0.15) is 23.0 Å². The molecular formula is C15H17IN2O4S2. The van der Waals surface area contributed by atoms with Gasteiger partial charge in [-0.2, -0.15) is 0 Å². The SMILES string of the molecule is CCOC(=O)CN(C)Sc1cc(C)cc2cc(C=O)n(SOI)c12. The molecular weight excluding hydrogens is 463 g/mol. The minimum Gasteiger partial charge on any atom is -0.465 e. The van der Waals surface area contributed by atoms with Gasteiger partial charge >= 0.3 is 5.97 Å². The van der Waals surface area contributed by atoms with E-state index in [1.807, 2.05) is 32.2 Å². The molecule has 1 aromatic carbocycles. The first-order valence-corrected chi connectivity index (χ1v) is 9.47. The Bertz CT molecular complexity index is 751. The average molecular weight is 480 g/mol. The van der Waals surface area contributed by atoms with Gasteiger partial charge in [0.15, 0.2) is 6.29 Å². The van der Waals surface area contributed by atoms with Gasteiger partial charge in [0.2, 0.25) is 0 Å². The van der Waals surface area contributed by atoms with Gasteiger partial charge in [0, 0.05) is 10.3 Å². The average Bonchev–Trinajstić information content (AvgIpc) is 2.85. The number of aromatic nitrogens is 1. The monoisotopic (exact) mass is 480 g/mol. The molecule has 9 heteroatoms. The van der Waals surface area contributed by atoms with Crippen molar-refractivity contribution in [2.24, 2.45) is 0 Å². The molecule has 0 bridgehead atoms. The lowest BCUT2D eigenvalue weighted by molar-refractivity contribution is -0.142. The number of hydrogen-bond donors (Lipinski definition) is 0. The zero-order valence-corrected chi connectivity index (χ0v) is 17.2. The molecule has 24 heavy (non-hydrogen) atoms. The normalized spacial score (nSPS) is 11.2. The van der Waals surface area contributed by atoms with Crippen molar-refractivity contribution in [3.05, 3.63) is 29.5 Å². The number of hydrogen-bond acceptors (Lipinski definition) is 7. The van der Waals surface area contributed by atoms with Crippen LogP contribution in [-0.4, -0.2) is 40.7 Å². The second-order valence-electron chi connectivity index (χ2n) is 5.00. The molecule has 0 N–H and O–H groups in total. The Balaban J connectivity index is 2.39. The maximum absolute atomic E-state index is 11.6. The molecule has 1 heterocycles. The summed E-state index contributed by atoms with van der Waals surface area (Å²) in [7, 11) is 1.83. The summed E-state index contributed by atoms with van der Waals surface area (Å²) in [6.45, 7) is 4.31. The molecule has 6 nitrogen and oxygen atoms in total. The largest absolute Gasteiger partial charge is 0.465 e. The fourth-order valence-corrected chi connectivity index (χ4v) is 4.39. The highest BCUT2D eigenvalue weighted by Crippen LogP contribution is 2.35. The molecule has 130 valence electrons. The molecule has 0 aliphatic rings. The number of ether oxygens (including phenoxy) is 1. The van der Waals surface area contributed by atoms with Crippen LogP contribution >= 0.6 is 47.2 Å². The van der Waals surface area contributed by atoms with E-state index in [1.54, 1.807) is 38.2 Å². The van der Waals surface area contributed by atoms with Crippen molar-refractivity contribution in [2.45, 2.75) is 18.7 Å². The molecule has 0 aliphatic carbocycles. The second kappa shape index (κ2) is 9.09. The number of aryl methyl sites for hydroxylation is 1. The van der Waals surface area contributed by atoms with Crippen molar-refractivity contribution in [3.8, 4) is 0 Å². The third-order valence-electron chi connectivity index (χ3n) is 3.12. The number of likely N-dealkylation sites (N-methyl/N-ethyl adjacent to an activating group) is 1. The second-order valence-corrected chi connectivity index (χ2v) is 7.97. The van der Waals surface area contributed by atoms with Crippen molar-refractivity contribution >= 4 is 70.3 Å². The van der Waals surface area contributed by atoms with E-state index in [4.69, 9.17) is 7.25 Å². The summed E-state index contributed by atoms with van der Waals surface area (Å²) in [6, 6.07) is 5.86. The summed E-state index contributed by atoms with van der Waals surface area (Å²) in [6.07, 6.45) is 0.800. The third kappa shape index (κ3) is 4.66. The number of carbonyl (C=O) groups excluding carboxylic acids is 2. The fourth-order valence-electron chi connectivity index (χ4n) is 2.30. The van der Waals surface area contributed by atoms with Crippen LogP contribution in [0.5, 0.6) is 0 Å². The van der Waals surface area contributed by atoms with Crippen LogP contribution in [-0.2, 0) is 12.0 Å². The Kier molecular flexibility index (Phi) is 7.41. The Morgan fingerprint density at radius 1 is 1.42 bits per heavy atom. The summed E-state index contributed by atoms with van der Waals surface area (Å²) >= 11 is 4.28. The number of fused-ring (bicyclic) bond motifs is 1. The topological polar surface area (TPSA) is 60.8 Å². The van der Waals surface area contributed by atoms with E-state index in [-0.39, 0.29) is 12.5 Å². The lowest BCUT2D eigenvalue weighted by atomic mass is 10.2. The van der Waals surface area contributed by atoms with Crippen LogP contribution in [0.15, 0.2) is 23.1 Å². The molecule has 0 spiro atoms. The van der Waals surface area contributed by atoms with Crippen LogP contribution in [0.2, 0.25) is 0 Å². The molecule has 0 fully saturated rings. The first-order valence-electron chi connectivity index (χ1n) is 7.11. The van der Waals surface area contributed by atoms with E-state index >= 15 is 0 Å². The first-order chi connectivity index (χ1) is 11.5. The fraction of sp³-hybridized carbons (Fsp3) is 0.333. The van der Waals surface area contributed by atoms with Crippen molar-refractivity contribution in [1.82, 2.24) is 8.28 Å². The van der Waals surface area contributed by atoms with E-state index in [2.05, 4.69) is 0 Å². The predicted molar refractivity (Wildman–Crippen MR) is 105 cm³/mol. The van der Waals surface area contributed by atoms with Crippen LogP contribution in [0.25, 0.3) is 10.9 Å². The molecule has 0 saturated carbocycles. The molecule has 0 saturated heterocycles. The van der Waals surface area contributed by atoms with Crippen LogP contribution < -0.4 is 0 Å². The summed E-state index contributed by atoms with van der Waals surface area (Å²) < 4.78 is 13.6. The zero-order chi connectivity index (χ0) is 17.7. The van der Waals surface area contributed by atoms with Crippen molar-refractivity contribution in [1.29, 1.82) is 0 Å². The summed E-state index contributed by atoms with van der Waals surface area (Å²) in [4.78, 5) is 23.9. The van der Waals surface area contributed by atoms with E-state index in [0.717, 1.165) is 39.9 Å². The lowest BCUT2D eigenvalue weighted by Crippen LogP contribution is -2.21. The van der Waals surface area contributed by atoms with Gasteiger partial charge in [-0.05, 0) is 56.6 Å². The standard InChI is InChI=1S/C15H17IN2O4S2/c1-4-21-14(20)8-17(3)23-13-6-10(2)5-11-7-12(9-19)18(15(11)13)24-22-16/h5-7,9H,4,8H2,1-3H3. The van der Waals surface area contributed by atoms with Crippen LogP contribution in [0, 0.1) is 6.92 Å². The predicted octanol–water partition coefficient (Wildman–Crippen LogP) is 4.04. The highest BCUT2D eigenvalue weighted by Gasteiger charge is 2.17. The van der Waals surface area contributed by atoms with Crippen LogP contribution in [0.3, 0.4) is 0 Å². The van der Waals surface area contributed by atoms with Gasteiger partial charge in [0.25, 0.3) is 0 Å². The van der Waals surface area contributed by atoms with Gasteiger partial charge in [-0.3, -0.25) is 13.6 Å². The Hall–Kier alpha value is -0.750. The van der Waals surface area contributed by atoms with E-state index in [1.165, 1.54) is 11.9 Å². The molecule has 0 unspecified atom stereocenters. The van der Waals surface area contributed by atoms with Gasteiger partial charge in [-0.25, -0.2) is 6.82 Å². The number of halogens is 1. The van der Waals surface area contributed by atoms with Gasteiger partial charge in [-0.1, -0.05) is 0 Å². The molecule has 2 rings (SSSR count). The van der Waals surface area contributed by atoms with Gasteiger partial charge < -0.3 is 4.74 Å². The van der Waals surface area contributed by atoms with Crippen molar-refractivity contribution in [3.63, 3.8) is 0 Å². The number of nitrogens with zero attached hydrogens (tertiary/aromatic N) is 2. The van der Waals surface area contributed by atoms with Gasteiger partial charge in [0.05, 0.1) is 17.8 Å². The summed E-state index contributed by atoms with van der Waals surface area (Å²) in [5.74, 6) is -0.273. The first kappa shape index (κ1) is 19.6. The highest BCUT2D eigenvalue weighted by atomic mass is 127.